The molecule has 0 bridgehead atoms. The second-order valence-corrected chi connectivity index (χ2v) is 6.35. The summed E-state index contributed by atoms with van der Waals surface area (Å²) in [5.41, 5.74) is 4.63. The van der Waals surface area contributed by atoms with Gasteiger partial charge in [-0.1, -0.05) is 39.8 Å². The fourth-order valence-corrected chi connectivity index (χ4v) is 2.94. The van der Waals surface area contributed by atoms with Crippen molar-refractivity contribution in [2.24, 2.45) is 0 Å². The average molecular weight is 317 g/mol. The van der Waals surface area contributed by atoms with Gasteiger partial charge in [0.2, 0.25) is 0 Å². The number of aromatic nitrogens is 1. The van der Waals surface area contributed by atoms with Crippen LogP contribution in [0.3, 0.4) is 0 Å². The molecule has 0 aliphatic rings. The van der Waals surface area contributed by atoms with Crippen molar-refractivity contribution in [2.75, 3.05) is 0 Å². The largest absolute Gasteiger partial charge is 0.392 e. The summed E-state index contributed by atoms with van der Waals surface area (Å²) in [5.74, 6) is -0.0322. The first kappa shape index (κ1) is 17.6. The highest BCUT2D eigenvalue weighted by Crippen LogP contribution is 2.36. The van der Waals surface area contributed by atoms with Crippen LogP contribution in [0.4, 0.5) is 4.39 Å². The molecule has 0 saturated carbocycles. The third-order valence-electron chi connectivity index (χ3n) is 4.01. The summed E-state index contributed by atoms with van der Waals surface area (Å²) in [7, 11) is 0. The first-order valence-electron chi connectivity index (χ1n) is 7.93. The number of benzene rings is 1. The van der Waals surface area contributed by atoms with Crippen molar-refractivity contribution >= 4 is 0 Å². The van der Waals surface area contributed by atoms with E-state index in [0.717, 1.165) is 22.5 Å². The van der Waals surface area contributed by atoms with Crippen molar-refractivity contribution in [3.8, 4) is 11.1 Å². The number of hydrogen-bond donors (Lipinski definition) is 2. The van der Waals surface area contributed by atoms with E-state index in [-0.39, 0.29) is 30.9 Å². The molecule has 0 aliphatic carbocycles. The molecule has 2 N–H and O–H groups in total. The molecule has 0 amide bonds. The lowest BCUT2D eigenvalue weighted by atomic mass is 9.87. The number of pyridine rings is 1. The van der Waals surface area contributed by atoms with Crippen molar-refractivity contribution in [1.82, 2.24) is 4.98 Å². The van der Waals surface area contributed by atoms with E-state index >= 15 is 0 Å². The molecule has 124 valence electrons. The van der Waals surface area contributed by atoms with Gasteiger partial charge in [0.25, 0.3) is 0 Å². The maximum Gasteiger partial charge on any atom is 0.123 e. The maximum atomic E-state index is 13.3. The van der Waals surface area contributed by atoms with Gasteiger partial charge in [-0.15, -0.1) is 0 Å². The molecule has 23 heavy (non-hydrogen) atoms. The van der Waals surface area contributed by atoms with Gasteiger partial charge in [-0.05, 0) is 35.1 Å². The first-order valence-corrected chi connectivity index (χ1v) is 7.93. The lowest BCUT2D eigenvalue weighted by Gasteiger charge is -2.23. The first-order chi connectivity index (χ1) is 10.9. The number of rotatable bonds is 5. The van der Waals surface area contributed by atoms with Crippen LogP contribution in [0.1, 0.15) is 62.0 Å². The van der Waals surface area contributed by atoms with Gasteiger partial charge < -0.3 is 10.2 Å². The van der Waals surface area contributed by atoms with E-state index in [4.69, 9.17) is 4.98 Å². The molecule has 0 spiro atoms. The highest BCUT2D eigenvalue weighted by Gasteiger charge is 2.22. The molecule has 0 aliphatic heterocycles. The molecule has 0 atom stereocenters. The summed E-state index contributed by atoms with van der Waals surface area (Å²) in [6.45, 7) is 7.77. The van der Waals surface area contributed by atoms with Crippen LogP contribution in [-0.4, -0.2) is 15.2 Å². The smallest absolute Gasteiger partial charge is 0.123 e. The number of aliphatic hydroxyl groups excluding tert-OH is 2. The third kappa shape index (κ3) is 3.43. The van der Waals surface area contributed by atoms with Crippen LogP contribution in [-0.2, 0) is 13.2 Å². The Kier molecular flexibility index (Phi) is 5.50. The summed E-state index contributed by atoms with van der Waals surface area (Å²) in [4.78, 5) is 4.72. The molecule has 0 fully saturated rings. The van der Waals surface area contributed by atoms with Gasteiger partial charge in [0.05, 0.1) is 13.2 Å². The van der Waals surface area contributed by atoms with E-state index in [1.54, 1.807) is 12.1 Å². The van der Waals surface area contributed by atoms with Gasteiger partial charge in [-0.25, -0.2) is 4.39 Å². The number of halogens is 1. The predicted octanol–water partition coefficient (Wildman–Crippen LogP) is 4.12. The molecule has 1 aromatic heterocycles. The van der Waals surface area contributed by atoms with Crippen molar-refractivity contribution in [1.29, 1.82) is 0 Å². The van der Waals surface area contributed by atoms with E-state index in [2.05, 4.69) is 0 Å². The number of aliphatic hydroxyl groups is 2. The zero-order valence-electron chi connectivity index (χ0n) is 14.1. The normalized spacial score (nSPS) is 11.5. The van der Waals surface area contributed by atoms with Crippen molar-refractivity contribution in [2.45, 2.75) is 52.7 Å². The minimum Gasteiger partial charge on any atom is -0.392 e. The lowest BCUT2D eigenvalue weighted by Crippen LogP contribution is -2.12. The molecule has 2 aromatic rings. The summed E-state index contributed by atoms with van der Waals surface area (Å²) in [5, 5.41) is 19.8. The van der Waals surface area contributed by atoms with Crippen molar-refractivity contribution < 1.29 is 14.6 Å². The molecular formula is C19H24FNO2. The third-order valence-corrected chi connectivity index (χ3v) is 4.01. The lowest BCUT2D eigenvalue weighted by molar-refractivity contribution is 0.272. The highest BCUT2D eigenvalue weighted by molar-refractivity contribution is 5.73. The Balaban J connectivity index is 2.86. The molecule has 0 radical (unpaired) electrons. The quantitative estimate of drug-likeness (QED) is 0.872. The molecule has 1 heterocycles. The fraction of sp³-hybridized carbons (Fsp3) is 0.421. The molecule has 1 aromatic carbocycles. The van der Waals surface area contributed by atoms with Gasteiger partial charge in [-0.3, -0.25) is 4.98 Å². The predicted molar refractivity (Wildman–Crippen MR) is 89.7 cm³/mol. The number of nitrogens with zero attached hydrogens (tertiary/aromatic N) is 1. The molecule has 2 rings (SSSR count). The average Bonchev–Trinajstić information content (AvgIpc) is 2.53. The zero-order chi connectivity index (χ0) is 17.1. The van der Waals surface area contributed by atoms with Crippen LogP contribution in [0.15, 0.2) is 24.3 Å². The van der Waals surface area contributed by atoms with Gasteiger partial charge in [0, 0.05) is 22.5 Å². The summed E-state index contributed by atoms with van der Waals surface area (Å²) in [6.07, 6.45) is 0. The molecular weight excluding hydrogens is 293 g/mol. The van der Waals surface area contributed by atoms with Gasteiger partial charge in [0.15, 0.2) is 0 Å². The van der Waals surface area contributed by atoms with Gasteiger partial charge >= 0.3 is 0 Å². The van der Waals surface area contributed by atoms with E-state index in [1.807, 2.05) is 27.7 Å². The van der Waals surface area contributed by atoms with Crippen LogP contribution >= 0.6 is 0 Å². The summed E-state index contributed by atoms with van der Waals surface area (Å²) >= 11 is 0. The summed E-state index contributed by atoms with van der Waals surface area (Å²) < 4.78 is 13.3. The van der Waals surface area contributed by atoms with E-state index in [0.29, 0.717) is 11.1 Å². The topological polar surface area (TPSA) is 53.4 Å². The highest BCUT2D eigenvalue weighted by atomic mass is 19.1. The monoisotopic (exact) mass is 317 g/mol. The Morgan fingerprint density at radius 2 is 1.30 bits per heavy atom. The Labute approximate surface area is 136 Å². The van der Waals surface area contributed by atoms with E-state index < -0.39 is 0 Å². The van der Waals surface area contributed by atoms with Crippen molar-refractivity contribution in [3.63, 3.8) is 0 Å². The maximum absolute atomic E-state index is 13.3. The zero-order valence-corrected chi connectivity index (χ0v) is 14.1. The van der Waals surface area contributed by atoms with Crippen LogP contribution < -0.4 is 0 Å². The second kappa shape index (κ2) is 7.20. The van der Waals surface area contributed by atoms with Crippen LogP contribution in [0.5, 0.6) is 0 Å². The Hall–Kier alpha value is -1.78. The fourth-order valence-electron chi connectivity index (χ4n) is 2.94. The van der Waals surface area contributed by atoms with Crippen LogP contribution in [0.2, 0.25) is 0 Å². The Morgan fingerprint density at radius 3 is 1.65 bits per heavy atom. The van der Waals surface area contributed by atoms with E-state index in [1.165, 1.54) is 12.1 Å². The van der Waals surface area contributed by atoms with Gasteiger partial charge in [-0.2, -0.15) is 0 Å². The molecule has 3 nitrogen and oxygen atoms in total. The number of hydrogen-bond acceptors (Lipinski definition) is 3. The Bertz CT molecular complexity index is 645. The van der Waals surface area contributed by atoms with E-state index in [9.17, 15) is 14.6 Å². The van der Waals surface area contributed by atoms with Crippen LogP contribution in [0, 0.1) is 5.82 Å². The Morgan fingerprint density at radius 1 is 0.870 bits per heavy atom. The minimum atomic E-state index is -0.313. The minimum absolute atomic E-state index is 0.140. The summed E-state index contributed by atoms with van der Waals surface area (Å²) in [6, 6.07) is 6.14. The second-order valence-electron chi connectivity index (χ2n) is 6.35. The van der Waals surface area contributed by atoms with Crippen molar-refractivity contribution in [3.05, 3.63) is 52.6 Å². The standard InChI is InChI=1S/C19H24FNO2/c1-11(2)18-15(9-22)17(13-5-7-14(20)8-6-13)16(10-23)19(21-18)12(3)4/h5-8,11-12,22-23H,9-10H2,1-4H3. The van der Waals surface area contributed by atoms with Crippen LogP contribution in [0.25, 0.3) is 11.1 Å². The molecule has 0 saturated heterocycles. The molecule has 0 unspecified atom stereocenters. The van der Waals surface area contributed by atoms with Gasteiger partial charge in [0.1, 0.15) is 5.82 Å². The molecule has 4 heteroatoms. The SMILES string of the molecule is CC(C)c1nc(C(C)C)c(CO)c(-c2ccc(F)cc2)c1CO.